The molecule has 1 amide bonds. The lowest BCUT2D eigenvalue weighted by Gasteiger charge is -2.09. The number of halogens is 1. The summed E-state index contributed by atoms with van der Waals surface area (Å²) in [4.78, 5) is 16.3. The summed E-state index contributed by atoms with van der Waals surface area (Å²) in [6, 6.07) is 9.79. The van der Waals surface area contributed by atoms with E-state index in [0.29, 0.717) is 10.7 Å². The number of aromatic nitrogens is 4. The molecular formula is C17H17ClN6O4S. The average Bonchev–Trinajstić information content (AvgIpc) is 3.07. The first-order valence-electron chi connectivity index (χ1n) is 8.28. The molecule has 3 aromatic rings. The van der Waals surface area contributed by atoms with Gasteiger partial charge in [-0.05, 0) is 36.9 Å². The summed E-state index contributed by atoms with van der Waals surface area (Å²) in [5.41, 5.74) is 1.33. The summed E-state index contributed by atoms with van der Waals surface area (Å²) < 4.78 is 32.4. The Morgan fingerprint density at radius 1 is 1.28 bits per heavy atom. The van der Waals surface area contributed by atoms with Crippen molar-refractivity contribution in [2.45, 2.75) is 11.5 Å². The minimum absolute atomic E-state index is 0.00285. The smallest absolute Gasteiger partial charge is 0.413 e. The van der Waals surface area contributed by atoms with Crippen LogP contribution in [0.1, 0.15) is 5.56 Å². The molecule has 0 atom stereocenters. The Bertz CT molecular complexity index is 1130. The molecule has 3 rings (SSSR count). The second-order valence-corrected chi connectivity index (χ2v) is 8.15. The number of nitrogens with zero attached hydrogens (tertiary/aromatic N) is 4. The number of anilines is 1. The van der Waals surface area contributed by atoms with Crippen molar-refractivity contribution >= 4 is 33.5 Å². The number of pyridine rings is 1. The van der Waals surface area contributed by atoms with Crippen molar-refractivity contribution in [3.8, 4) is 11.4 Å². The SMILES string of the molecule is CNS(=O)(=O)c1ccc(-c2nnn(C)c2NC(=O)OCc2cccc(Cl)c2)nc1. The zero-order valence-corrected chi connectivity index (χ0v) is 17.0. The summed E-state index contributed by atoms with van der Waals surface area (Å²) in [5, 5.41) is 11.0. The normalized spacial score (nSPS) is 11.3. The number of benzene rings is 1. The lowest BCUT2D eigenvalue weighted by Crippen LogP contribution is -2.18. The van der Waals surface area contributed by atoms with Gasteiger partial charge >= 0.3 is 6.09 Å². The summed E-state index contributed by atoms with van der Waals surface area (Å²) in [6.45, 7) is 0.0296. The van der Waals surface area contributed by atoms with Crippen molar-refractivity contribution in [2.24, 2.45) is 7.05 Å². The van der Waals surface area contributed by atoms with E-state index >= 15 is 0 Å². The maximum Gasteiger partial charge on any atom is 0.413 e. The van der Waals surface area contributed by atoms with Crippen LogP contribution in [0.4, 0.5) is 10.6 Å². The van der Waals surface area contributed by atoms with E-state index < -0.39 is 16.1 Å². The molecule has 0 unspecified atom stereocenters. The number of hydrogen-bond acceptors (Lipinski definition) is 7. The molecule has 10 nitrogen and oxygen atoms in total. The molecule has 1 aromatic carbocycles. The number of ether oxygens (including phenoxy) is 1. The first-order chi connectivity index (χ1) is 13.8. The van der Waals surface area contributed by atoms with Crippen LogP contribution in [0.25, 0.3) is 11.4 Å². The highest BCUT2D eigenvalue weighted by molar-refractivity contribution is 7.89. The largest absolute Gasteiger partial charge is 0.444 e. The molecule has 0 aliphatic heterocycles. The van der Waals surface area contributed by atoms with Crippen LogP contribution in [0, 0.1) is 0 Å². The molecule has 0 saturated carbocycles. The van der Waals surface area contributed by atoms with Gasteiger partial charge in [0.15, 0.2) is 11.5 Å². The number of aryl methyl sites for hydroxylation is 1. The molecule has 12 heteroatoms. The Kier molecular flexibility index (Phi) is 6.11. The number of hydrogen-bond donors (Lipinski definition) is 2. The van der Waals surface area contributed by atoms with E-state index in [1.807, 2.05) is 0 Å². The van der Waals surface area contributed by atoms with Gasteiger partial charge in [0.05, 0.1) is 5.69 Å². The number of carbonyl (C=O) groups is 1. The quantitative estimate of drug-likeness (QED) is 0.606. The molecule has 152 valence electrons. The van der Waals surface area contributed by atoms with Gasteiger partial charge in [-0.1, -0.05) is 28.9 Å². The fraction of sp³-hybridized carbons (Fsp3) is 0.176. The number of sulfonamides is 1. The molecule has 29 heavy (non-hydrogen) atoms. The van der Waals surface area contributed by atoms with Crippen LogP contribution in [-0.2, 0) is 28.4 Å². The van der Waals surface area contributed by atoms with Gasteiger partial charge in [-0.3, -0.25) is 10.3 Å². The predicted molar refractivity (Wildman–Crippen MR) is 106 cm³/mol. The number of carbonyl (C=O) groups excluding carboxylic acids is 1. The zero-order valence-electron chi connectivity index (χ0n) is 15.5. The first-order valence-corrected chi connectivity index (χ1v) is 10.1. The van der Waals surface area contributed by atoms with Crippen LogP contribution < -0.4 is 10.0 Å². The predicted octanol–water partition coefficient (Wildman–Crippen LogP) is 2.19. The standard InChI is InChI=1S/C17H17ClN6O4S/c1-19-29(26,27)13-6-7-14(20-9-13)15-16(24(2)23-22-15)21-17(25)28-10-11-4-3-5-12(18)8-11/h3-9,19H,10H2,1-2H3,(H,21,25). The summed E-state index contributed by atoms with van der Waals surface area (Å²) in [5.74, 6) is 0.248. The third kappa shape index (κ3) is 4.88. The summed E-state index contributed by atoms with van der Waals surface area (Å²) >= 11 is 5.91. The molecule has 2 heterocycles. The van der Waals surface area contributed by atoms with E-state index in [2.05, 4.69) is 25.3 Å². The molecule has 2 aromatic heterocycles. The fourth-order valence-corrected chi connectivity index (χ4v) is 3.26. The average molecular weight is 437 g/mol. The van der Waals surface area contributed by atoms with Gasteiger partial charge in [-0.25, -0.2) is 22.6 Å². The number of rotatable bonds is 6. The van der Waals surface area contributed by atoms with Crippen LogP contribution in [0.3, 0.4) is 0 Å². The van der Waals surface area contributed by atoms with Crippen molar-refractivity contribution < 1.29 is 17.9 Å². The Balaban J connectivity index is 1.75. The Labute approximate surface area is 171 Å². The molecule has 0 saturated heterocycles. The van der Waals surface area contributed by atoms with Crippen molar-refractivity contribution in [1.29, 1.82) is 0 Å². The van der Waals surface area contributed by atoms with Crippen molar-refractivity contribution in [3.05, 3.63) is 53.2 Å². The Morgan fingerprint density at radius 2 is 2.07 bits per heavy atom. The summed E-state index contributed by atoms with van der Waals surface area (Å²) in [7, 11) is -0.716. The molecule has 0 fully saturated rings. The monoisotopic (exact) mass is 436 g/mol. The highest BCUT2D eigenvalue weighted by Gasteiger charge is 2.19. The van der Waals surface area contributed by atoms with Gasteiger partial charge in [-0.2, -0.15) is 0 Å². The Morgan fingerprint density at radius 3 is 2.72 bits per heavy atom. The topological polar surface area (TPSA) is 128 Å². The molecule has 2 N–H and O–H groups in total. The highest BCUT2D eigenvalue weighted by Crippen LogP contribution is 2.24. The second kappa shape index (κ2) is 8.55. The van der Waals surface area contributed by atoms with E-state index in [9.17, 15) is 13.2 Å². The van der Waals surface area contributed by atoms with Crippen molar-refractivity contribution in [3.63, 3.8) is 0 Å². The molecular weight excluding hydrogens is 420 g/mol. The second-order valence-electron chi connectivity index (χ2n) is 5.83. The molecule has 0 spiro atoms. The van der Waals surface area contributed by atoms with Gasteiger partial charge in [-0.15, -0.1) is 5.10 Å². The molecule has 0 aliphatic rings. The van der Waals surface area contributed by atoms with Crippen LogP contribution in [0.2, 0.25) is 5.02 Å². The fourth-order valence-electron chi connectivity index (χ4n) is 2.38. The van der Waals surface area contributed by atoms with Crippen LogP contribution in [0.15, 0.2) is 47.5 Å². The van der Waals surface area contributed by atoms with E-state index in [-0.39, 0.29) is 23.0 Å². The highest BCUT2D eigenvalue weighted by atomic mass is 35.5. The van der Waals surface area contributed by atoms with Crippen molar-refractivity contribution in [1.82, 2.24) is 24.7 Å². The van der Waals surface area contributed by atoms with Gasteiger partial charge in [0.1, 0.15) is 11.5 Å². The minimum Gasteiger partial charge on any atom is -0.444 e. The van der Waals surface area contributed by atoms with E-state index in [0.717, 1.165) is 5.56 Å². The molecule has 0 aliphatic carbocycles. The third-order valence-corrected chi connectivity index (χ3v) is 5.50. The molecule has 0 bridgehead atoms. The van der Waals surface area contributed by atoms with Gasteiger partial charge in [0, 0.05) is 18.3 Å². The third-order valence-electron chi connectivity index (χ3n) is 3.86. The summed E-state index contributed by atoms with van der Waals surface area (Å²) in [6.07, 6.45) is 0.475. The lowest BCUT2D eigenvalue weighted by atomic mass is 10.2. The lowest BCUT2D eigenvalue weighted by molar-refractivity contribution is 0.155. The number of nitrogens with one attached hydrogen (secondary N) is 2. The Hall–Kier alpha value is -3.02. The maximum atomic E-state index is 12.2. The number of amides is 1. The van der Waals surface area contributed by atoms with E-state index in [4.69, 9.17) is 16.3 Å². The van der Waals surface area contributed by atoms with E-state index in [1.54, 1.807) is 31.3 Å². The van der Waals surface area contributed by atoms with Gasteiger partial charge in [0.2, 0.25) is 10.0 Å². The van der Waals surface area contributed by atoms with Crippen LogP contribution in [0.5, 0.6) is 0 Å². The van der Waals surface area contributed by atoms with Crippen LogP contribution >= 0.6 is 11.6 Å². The zero-order chi connectivity index (χ0) is 21.0. The first kappa shape index (κ1) is 20.7. The van der Waals surface area contributed by atoms with Crippen molar-refractivity contribution in [2.75, 3.05) is 12.4 Å². The van der Waals surface area contributed by atoms with Gasteiger partial charge < -0.3 is 4.74 Å². The van der Waals surface area contributed by atoms with E-state index in [1.165, 1.54) is 30.1 Å². The maximum absolute atomic E-state index is 12.2. The van der Waals surface area contributed by atoms with Crippen LogP contribution in [-0.4, -0.2) is 41.5 Å². The molecule has 0 radical (unpaired) electrons. The minimum atomic E-state index is -3.61. The van der Waals surface area contributed by atoms with Gasteiger partial charge in [0.25, 0.3) is 0 Å².